The molecule has 2 rings (SSSR count). The molecule has 100 valence electrons. The van der Waals surface area contributed by atoms with Gasteiger partial charge in [0.1, 0.15) is 0 Å². The number of nitriles is 1. The lowest BCUT2D eigenvalue weighted by atomic mass is 10.0. The maximum atomic E-state index is 11.7. The third kappa shape index (κ3) is 3.14. The van der Waals surface area contributed by atoms with Crippen molar-refractivity contribution in [1.82, 2.24) is 0 Å². The molecule has 1 heterocycles. The summed E-state index contributed by atoms with van der Waals surface area (Å²) in [5.74, 6) is 0.807. The molecule has 0 spiro atoms. The molecule has 0 amide bonds. The first-order chi connectivity index (χ1) is 9.11. The van der Waals surface area contributed by atoms with Crippen LogP contribution in [0.3, 0.4) is 0 Å². The average molecular weight is 256 g/mol. The number of carbonyl (C=O) groups is 1. The molecule has 0 bridgehead atoms. The molecule has 1 saturated heterocycles. The fourth-order valence-electron chi connectivity index (χ4n) is 2.66. The average Bonchev–Trinajstić information content (AvgIpc) is 2.62. The summed E-state index contributed by atoms with van der Waals surface area (Å²) in [5.41, 5.74) is 2.28. The van der Waals surface area contributed by atoms with E-state index < -0.39 is 0 Å². The van der Waals surface area contributed by atoms with E-state index in [9.17, 15) is 4.79 Å². The molecule has 1 aromatic rings. The molecule has 0 aromatic heterocycles. The van der Waals surface area contributed by atoms with Crippen LogP contribution in [0.2, 0.25) is 0 Å². The molecular formula is C16H20N2O. The van der Waals surface area contributed by atoms with Crippen molar-refractivity contribution in [2.24, 2.45) is 5.92 Å². The molecule has 0 N–H and O–H groups in total. The zero-order valence-electron chi connectivity index (χ0n) is 11.6. The van der Waals surface area contributed by atoms with Crippen molar-refractivity contribution < 1.29 is 4.79 Å². The maximum absolute atomic E-state index is 11.7. The van der Waals surface area contributed by atoms with Crippen LogP contribution < -0.4 is 4.90 Å². The zero-order valence-corrected chi connectivity index (χ0v) is 11.6. The number of hydrogen-bond acceptors (Lipinski definition) is 3. The Morgan fingerprint density at radius 1 is 1.37 bits per heavy atom. The fourth-order valence-corrected chi connectivity index (χ4v) is 2.66. The number of anilines is 1. The molecule has 19 heavy (non-hydrogen) atoms. The van der Waals surface area contributed by atoms with Crippen molar-refractivity contribution in [2.45, 2.75) is 33.1 Å². The summed E-state index contributed by atoms with van der Waals surface area (Å²) >= 11 is 0. The van der Waals surface area contributed by atoms with Gasteiger partial charge in [0.15, 0.2) is 5.78 Å². The van der Waals surface area contributed by atoms with Crippen molar-refractivity contribution in [3.63, 3.8) is 0 Å². The van der Waals surface area contributed by atoms with Crippen LogP contribution in [-0.4, -0.2) is 18.9 Å². The van der Waals surface area contributed by atoms with E-state index in [4.69, 9.17) is 5.26 Å². The summed E-state index contributed by atoms with van der Waals surface area (Å²) in [4.78, 5) is 14.0. The Morgan fingerprint density at radius 2 is 2.16 bits per heavy atom. The summed E-state index contributed by atoms with van der Waals surface area (Å²) in [6, 6.07) is 7.52. The summed E-state index contributed by atoms with van der Waals surface area (Å²) < 4.78 is 0. The summed E-state index contributed by atoms with van der Waals surface area (Å²) in [6.07, 6.45) is 3.53. The Hall–Kier alpha value is -1.82. The Morgan fingerprint density at radius 3 is 2.84 bits per heavy atom. The summed E-state index contributed by atoms with van der Waals surface area (Å²) in [7, 11) is 0. The van der Waals surface area contributed by atoms with Crippen LogP contribution in [0.1, 0.15) is 49.0 Å². The predicted molar refractivity (Wildman–Crippen MR) is 76.4 cm³/mol. The van der Waals surface area contributed by atoms with Crippen molar-refractivity contribution >= 4 is 11.5 Å². The second kappa shape index (κ2) is 5.88. The molecule has 1 aliphatic rings. The fraction of sp³-hybridized carbons (Fsp3) is 0.500. The minimum absolute atomic E-state index is 0.0665. The van der Waals surface area contributed by atoms with Gasteiger partial charge in [-0.1, -0.05) is 6.92 Å². The number of ketones is 1. The Labute approximate surface area is 114 Å². The van der Waals surface area contributed by atoms with E-state index >= 15 is 0 Å². The normalized spacial score (nSPS) is 19.6. The highest BCUT2D eigenvalue weighted by molar-refractivity contribution is 6.00. The number of carbonyl (C=O) groups excluding carboxylic acids is 1. The van der Waals surface area contributed by atoms with Crippen molar-refractivity contribution in [3.8, 4) is 6.07 Å². The van der Waals surface area contributed by atoms with E-state index in [1.165, 1.54) is 6.42 Å². The minimum Gasteiger partial charge on any atom is -0.371 e. The highest BCUT2D eigenvalue weighted by Gasteiger charge is 2.18. The van der Waals surface area contributed by atoms with Gasteiger partial charge in [-0.15, -0.1) is 0 Å². The van der Waals surface area contributed by atoms with E-state index in [1.54, 1.807) is 19.1 Å². The van der Waals surface area contributed by atoms with Crippen LogP contribution >= 0.6 is 0 Å². The third-order valence-corrected chi connectivity index (χ3v) is 3.86. The van der Waals surface area contributed by atoms with Crippen molar-refractivity contribution in [3.05, 3.63) is 29.3 Å². The third-order valence-electron chi connectivity index (χ3n) is 3.86. The first kappa shape index (κ1) is 13.6. The lowest BCUT2D eigenvalue weighted by molar-refractivity contribution is 0.101. The lowest BCUT2D eigenvalue weighted by Gasteiger charge is -2.25. The standard InChI is InChI=1S/C16H20N2O/c1-12-4-3-8-18(9-7-12)16-10-14(11-17)5-6-15(16)13(2)19/h5-6,10,12H,3-4,7-9H2,1-2H3. The SMILES string of the molecule is CC(=O)c1ccc(C#N)cc1N1CCCC(C)CC1. The molecule has 0 aliphatic carbocycles. The molecule has 0 radical (unpaired) electrons. The highest BCUT2D eigenvalue weighted by Crippen LogP contribution is 2.27. The van der Waals surface area contributed by atoms with Gasteiger partial charge in [-0.2, -0.15) is 5.26 Å². The molecule has 3 heteroatoms. The molecule has 1 unspecified atom stereocenters. The van der Waals surface area contributed by atoms with Crippen LogP contribution in [-0.2, 0) is 0 Å². The minimum atomic E-state index is 0.0665. The van der Waals surface area contributed by atoms with Crippen LogP contribution in [0, 0.1) is 17.2 Å². The van der Waals surface area contributed by atoms with E-state index in [0.29, 0.717) is 5.56 Å². The monoisotopic (exact) mass is 256 g/mol. The second-order valence-corrected chi connectivity index (χ2v) is 5.42. The van der Waals surface area contributed by atoms with E-state index in [2.05, 4.69) is 17.9 Å². The molecule has 1 aliphatic heterocycles. The Balaban J connectivity index is 2.36. The molecule has 1 fully saturated rings. The van der Waals surface area contributed by atoms with Gasteiger partial charge in [-0.25, -0.2) is 0 Å². The van der Waals surface area contributed by atoms with Gasteiger partial charge >= 0.3 is 0 Å². The van der Waals surface area contributed by atoms with Gasteiger partial charge < -0.3 is 4.90 Å². The molecule has 3 nitrogen and oxygen atoms in total. The number of nitrogens with zero attached hydrogens (tertiary/aromatic N) is 2. The van der Waals surface area contributed by atoms with Gasteiger partial charge in [0.05, 0.1) is 11.6 Å². The smallest absolute Gasteiger partial charge is 0.161 e. The molecule has 0 saturated carbocycles. The van der Waals surface area contributed by atoms with Crippen LogP contribution in [0.15, 0.2) is 18.2 Å². The molecular weight excluding hydrogens is 236 g/mol. The van der Waals surface area contributed by atoms with Gasteiger partial charge in [0, 0.05) is 24.3 Å². The second-order valence-electron chi connectivity index (χ2n) is 5.42. The first-order valence-electron chi connectivity index (χ1n) is 6.92. The molecule has 1 atom stereocenters. The van der Waals surface area contributed by atoms with E-state index in [0.717, 1.165) is 43.1 Å². The Bertz CT molecular complexity index is 516. The zero-order chi connectivity index (χ0) is 13.8. The summed E-state index contributed by atoms with van der Waals surface area (Å²) in [6.45, 7) is 5.81. The quantitative estimate of drug-likeness (QED) is 0.762. The number of Topliss-reactive ketones (excluding diaryl/α,β-unsaturated/α-hetero) is 1. The van der Waals surface area contributed by atoms with E-state index in [1.807, 2.05) is 6.07 Å². The predicted octanol–water partition coefficient (Wildman–Crippen LogP) is 3.39. The van der Waals surface area contributed by atoms with Gasteiger partial charge in [-0.05, 0) is 50.3 Å². The van der Waals surface area contributed by atoms with E-state index in [-0.39, 0.29) is 5.78 Å². The Kier molecular flexibility index (Phi) is 4.21. The van der Waals surface area contributed by atoms with Gasteiger partial charge in [0.25, 0.3) is 0 Å². The van der Waals surface area contributed by atoms with Crippen LogP contribution in [0.5, 0.6) is 0 Å². The van der Waals surface area contributed by atoms with Crippen LogP contribution in [0.4, 0.5) is 5.69 Å². The number of rotatable bonds is 2. The number of hydrogen-bond donors (Lipinski definition) is 0. The van der Waals surface area contributed by atoms with Crippen molar-refractivity contribution in [2.75, 3.05) is 18.0 Å². The first-order valence-corrected chi connectivity index (χ1v) is 6.92. The van der Waals surface area contributed by atoms with Crippen molar-refractivity contribution in [1.29, 1.82) is 5.26 Å². The van der Waals surface area contributed by atoms with Crippen LogP contribution in [0.25, 0.3) is 0 Å². The number of benzene rings is 1. The maximum Gasteiger partial charge on any atom is 0.161 e. The largest absolute Gasteiger partial charge is 0.371 e. The molecule has 1 aromatic carbocycles. The van der Waals surface area contributed by atoms with Gasteiger partial charge in [-0.3, -0.25) is 4.79 Å². The lowest BCUT2D eigenvalue weighted by Crippen LogP contribution is -2.26. The topological polar surface area (TPSA) is 44.1 Å². The highest BCUT2D eigenvalue weighted by atomic mass is 16.1. The van der Waals surface area contributed by atoms with Gasteiger partial charge in [0.2, 0.25) is 0 Å². The summed E-state index contributed by atoms with van der Waals surface area (Å²) in [5, 5.41) is 9.03.